The van der Waals surface area contributed by atoms with E-state index in [2.05, 4.69) is 10.3 Å². The van der Waals surface area contributed by atoms with Gasteiger partial charge in [-0.2, -0.15) is 0 Å². The number of ether oxygens (including phenoxy) is 1. The number of nitrogens with one attached hydrogen (secondary N) is 2. The lowest BCUT2D eigenvalue weighted by molar-refractivity contribution is -0.155. The van der Waals surface area contributed by atoms with Crippen LogP contribution < -0.4 is 5.32 Å². The second-order valence-corrected chi connectivity index (χ2v) is 6.70. The molecule has 1 saturated heterocycles. The van der Waals surface area contributed by atoms with E-state index >= 15 is 0 Å². The number of carbonyl (C=O) groups excluding carboxylic acids is 3. The van der Waals surface area contributed by atoms with Crippen LogP contribution in [0.5, 0.6) is 0 Å². The molecule has 3 rings (SSSR count). The summed E-state index contributed by atoms with van der Waals surface area (Å²) in [5, 5.41) is 3.58. The Hall–Kier alpha value is -2.83. The predicted octanol–water partition coefficient (Wildman–Crippen LogP) is 1.77. The summed E-state index contributed by atoms with van der Waals surface area (Å²) in [5.41, 5.74) is 1.89. The van der Waals surface area contributed by atoms with E-state index in [0.29, 0.717) is 19.5 Å². The predicted molar refractivity (Wildman–Crippen MR) is 101 cm³/mol. The maximum atomic E-state index is 13.0. The third kappa shape index (κ3) is 4.48. The van der Waals surface area contributed by atoms with E-state index in [0.717, 1.165) is 35.7 Å². The fourth-order valence-corrected chi connectivity index (χ4v) is 3.47. The monoisotopic (exact) mass is 371 g/mol. The normalized spacial score (nSPS) is 15.4. The molecule has 7 heteroatoms. The highest BCUT2D eigenvalue weighted by atomic mass is 16.5. The number of hydrogen-bond acceptors (Lipinski definition) is 4. The number of para-hydroxylation sites is 1. The van der Waals surface area contributed by atoms with E-state index in [4.69, 9.17) is 4.74 Å². The molecule has 1 atom stereocenters. The molecule has 2 aromatic rings. The summed E-state index contributed by atoms with van der Waals surface area (Å²) >= 11 is 0. The number of piperidine rings is 1. The number of esters is 1. The van der Waals surface area contributed by atoms with Gasteiger partial charge in [0.05, 0.1) is 6.61 Å². The zero-order chi connectivity index (χ0) is 19.2. The van der Waals surface area contributed by atoms with Crippen molar-refractivity contribution < 1.29 is 19.1 Å². The lowest BCUT2D eigenvalue weighted by atomic mass is 10.0. The maximum Gasteiger partial charge on any atom is 0.396 e. The van der Waals surface area contributed by atoms with E-state index in [1.807, 2.05) is 30.5 Å². The molecule has 2 N–H and O–H groups in total. The number of benzene rings is 1. The van der Waals surface area contributed by atoms with Crippen molar-refractivity contribution in [1.82, 2.24) is 15.2 Å². The number of nitrogens with zero attached hydrogens (tertiary/aromatic N) is 1. The Kier molecular flexibility index (Phi) is 6.11. The number of fused-ring (bicyclic) bond motifs is 1. The Morgan fingerprint density at radius 1 is 1.19 bits per heavy atom. The molecule has 0 radical (unpaired) electrons. The minimum Gasteiger partial charge on any atom is -0.459 e. The third-order valence-corrected chi connectivity index (χ3v) is 4.83. The van der Waals surface area contributed by atoms with Crippen LogP contribution in [0.2, 0.25) is 0 Å². The lowest BCUT2D eigenvalue weighted by Crippen LogP contribution is -2.52. The number of rotatable bonds is 5. The zero-order valence-corrected chi connectivity index (χ0v) is 15.5. The number of H-pyrrole nitrogens is 1. The first-order chi connectivity index (χ1) is 13.1. The van der Waals surface area contributed by atoms with Crippen LogP contribution in [0.3, 0.4) is 0 Å². The van der Waals surface area contributed by atoms with Crippen molar-refractivity contribution in [2.75, 3.05) is 19.7 Å². The van der Waals surface area contributed by atoms with Gasteiger partial charge in [-0.25, -0.2) is 4.79 Å². The van der Waals surface area contributed by atoms with Gasteiger partial charge < -0.3 is 19.9 Å². The van der Waals surface area contributed by atoms with Crippen LogP contribution in [-0.4, -0.2) is 53.4 Å². The molecule has 0 unspecified atom stereocenters. The van der Waals surface area contributed by atoms with Crippen LogP contribution in [0.1, 0.15) is 31.7 Å². The molecule has 1 aliphatic heterocycles. The van der Waals surface area contributed by atoms with Gasteiger partial charge in [-0.05, 0) is 37.8 Å². The minimum atomic E-state index is -0.965. The molecule has 1 aromatic carbocycles. The van der Waals surface area contributed by atoms with Crippen molar-refractivity contribution in [2.24, 2.45) is 0 Å². The standard InChI is InChI=1S/C20H25N3O4/c1-2-27-20(26)18(24)22-17(19(25)23-10-6-3-7-11-23)12-14-13-21-16-9-5-4-8-15(14)16/h4-5,8-9,13,17,21H,2-3,6-7,10-12H2,1H3,(H,22,24)/t17-/m0/s1. The zero-order valence-electron chi connectivity index (χ0n) is 15.5. The molecule has 27 heavy (non-hydrogen) atoms. The number of aromatic nitrogens is 1. The molecule has 0 aliphatic carbocycles. The number of likely N-dealkylation sites (tertiary alicyclic amines) is 1. The highest BCUT2D eigenvalue weighted by Gasteiger charge is 2.30. The van der Waals surface area contributed by atoms with Gasteiger partial charge in [-0.1, -0.05) is 18.2 Å². The van der Waals surface area contributed by atoms with Gasteiger partial charge >= 0.3 is 11.9 Å². The van der Waals surface area contributed by atoms with Crippen LogP contribution in [0, 0.1) is 0 Å². The summed E-state index contributed by atoms with van der Waals surface area (Å²) in [6.07, 6.45) is 5.17. The topological polar surface area (TPSA) is 91.5 Å². The van der Waals surface area contributed by atoms with Crippen molar-refractivity contribution in [3.63, 3.8) is 0 Å². The lowest BCUT2D eigenvalue weighted by Gasteiger charge is -2.30. The van der Waals surface area contributed by atoms with Crippen molar-refractivity contribution in [2.45, 2.75) is 38.6 Å². The Balaban J connectivity index is 1.81. The summed E-state index contributed by atoms with van der Waals surface area (Å²) < 4.78 is 4.75. The molecule has 1 aromatic heterocycles. The Morgan fingerprint density at radius 3 is 2.67 bits per heavy atom. The summed E-state index contributed by atoms with van der Waals surface area (Å²) in [4.78, 5) is 41.9. The minimum absolute atomic E-state index is 0.111. The first-order valence-electron chi connectivity index (χ1n) is 9.41. The second kappa shape index (κ2) is 8.70. The number of aromatic amines is 1. The summed E-state index contributed by atoms with van der Waals surface area (Å²) in [7, 11) is 0. The summed E-state index contributed by atoms with van der Waals surface area (Å²) in [6.45, 7) is 3.10. The quantitative estimate of drug-likeness (QED) is 0.619. The summed E-state index contributed by atoms with van der Waals surface area (Å²) in [6, 6.07) is 6.98. The third-order valence-electron chi connectivity index (χ3n) is 4.83. The van der Waals surface area contributed by atoms with Crippen LogP contribution in [0.4, 0.5) is 0 Å². The molecule has 7 nitrogen and oxygen atoms in total. The number of carbonyl (C=O) groups is 3. The van der Waals surface area contributed by atoms with Gasteiger partial charge in [0.1, 0.15) is 6.04 Å². The van der Waals surface area contributed by atoms with Crippen molar-refractivity contribution >= 4 is 28.7 Å². The summed E-state index contributed by atoms with van der Waals surface area (Å²) in [5.74, 6) is -2.00. The number of hydrogen-bond donors (Lipinski definition) is 2. The van der Waals surface area contributed by atoms with Crippen molar-refractivity contribution in [3.8, 4) is 0 Å². The first-order valence-corrected chi connectivity index (χ1v) is 9.41. The van der Waals surface area contributed by atoms with Crippen LogP contribution >= 0.6 is 0 Å². The molecule has 2 amide bonds. The highest BCUT2D eigenvalue weighted by molar-refractivity contribution is 6.32. The molecule has 1 aliphatic rings. The highest BCUT2D eigenvalue weighted by Crippen LogP contribution is 2.20. The number of amides is 2. The van der Waals surface area contributed by atoms with E-state index in [9.17, 15) is 14.4 Å². The largest absolute Gasteiger partial charge is 0.459 e. The molecule has 0 saturated carbocycles. The smallest absolute Gasteiger partial charge is 0.396 e. The van der Waals surface area contributed by atoms with Gasteiger partial charge in [-0.15, -0.1) is 0 Å². The SMILES string of the molecule is CCOC(=O)C(=O)N[C@@H](Cc1c[nH]c2ccccc12)C(=O)N1CCCCC1. The van der Waals surface area contributed by atoms with Crippen LogP contribution in [0.15, 0.2) is 30.5 Å². The molecular weight excluding hydrogens is 346 g/mol. The molecular formula is C20H25N3O4. The molecule has 144 valence electrons. The average molecular weight is 371 g/mol. The molecule has 1 fully saturated rings. The fourth-order valence-electron chi connectivity index (χ4n) is 3.47. The van der Waals surface area contributed by atoms with Gasteiger partial charge in [0.25, 0.3) is 0 Å². The van der Waals surface area contributed by atoms with Crippen molar-refractivity contribution in [3.05, 3.63) is 36.0 Å². The van der Waals surface area contributed by atoms with Crippen molar-refractivity contribution in [1.29, 1.82) is 0 Å². The van der Waals surface area contributed by atoms with E-state index in [-0.39, 0.29) is 12.5 Å². The van der Waals surface area contributed by atoms with Gasteiger partial charge in [0.15, 0.2) is 0 Å². The van der Waals surface area contributed by atoms with Crippen LogP contribution in [0.25, 0.3) is 10.9 Å². The fraction of sp³-hybridized carbons (Fsp3) is 0.450. The van der Waals surface area contributed by atoms with E-state index < -0.39 is 17.9 Å². The molecule has 0 spiro atoms. The molecule has 2 heterocycles. The van der Waals surface area contributed by atoms with Gasteiger partial charge in [0, 0.05) is 36.6 Å². The maximum absolute atomic E-state index is 13.0. The first kappa shape index (κ1) is 18.9. The van der Waals surface area contributed by atoms with Crippen LogP contribution in [-0.2, 0) is 25.5 Å². The second-order valence-electron chi connectivity index (χ2n) is 6.70. The molecule has 0 bridgehead atoms. The van der Waals surface area contributed by atoms with Gasteiger partial charge in [0.2, 0.25) is 5.91 Å². The Morgan fingerprint density at radius 2 is 1.93 bits per heavy atom. The Bertz CT molecular complexity index is 823. The van der Waals surface area contributed by atoms with E-state index in [1.54, 1.807) is 11.8 Å². The van der Waals surface area contributed by atoms with E-state index in [1.165, 1.54) is 0 Å². The average Bonchev–Trinajstić information content (AvgIpc) is 3.10. The van der Waals surface area contributed by atoms with Gasteiger partial charge in [-0.3, -0.25) is 9.59 Å². The Labute approximate surface area is 158 Å².